The van der Waals surface area contributed by atoms with Crippen molar-refractivity contribution in [1.82, 2.24) is 0 Å². The monoisotopic (exact) mass is 804 g/mol. The van der Waals surface area contributed by atoms with Gasteiger partial charge in [-0.15, -0.1) is 0 Å². The van der Waals surface area contributed by atoms with Crippen molar-refractivity contribution in [1.29, 1.82) is 0 Å². The van der Waals surface area contributed by atoms with E-state index in [4.69, 9.17) is 0 Å². The number of benzene rings is 6. The molecule has 1 fully saturated rings. The van der Waals surface area contributed by atoms with E-state index in [1.807, 2.05) is 79.6 Å². The van der Waals surface area contributed by atoms with Crippen molar-refractivity contribution >= 4 is 29.4 Å². The fraction of sp³-hybridized carbons (Fsp3) is 0.0962. The van der Waals surface area contributed by atoms with Gasteiger partial charge in [-0.2, -0.15) is 0 Å². The Bertz CT molecular complexity index is 1840. The average Bonchev–Trinajstić information content (AvgIpc) is 3.39. The average molecular weight is 804 g/mol. The van der Waals surface area contributed by atoms with Crippen molar-refractivity contribution in [3.8, 4) is 11.8 Å². The Morgan fingerprint density at radius 2 is 0.759 bits per heavy atom. The van der Waals surface area contributed by atoms with Gasteiger partial charge in [-0.25, -0.2) is 0 Å². The van der Waals surface area contributed by atoms with Crippen molar-refractivity contribution in [2.75, 3.05) is 0 Å². The molecule has 0 spiro atoms. The molecule has 7 rings (SSSR count). The third kappa shape index (κ3) is 12.6. The summed E-state index contributed by atoms with van der Waals surface area (Å²) < 4.78 is 0. The van der Waals surface area contributed by atoms with Crippen LogP contribution in [0.4, 0.5) is 0 Å². The van der Waals surface area contributed by atoms with Crippen LogP contribution in [0, 0.1) is 60.3 Å². The molecule has 0 atom stereocenters. The van der Waals surface area contributed by atoms with Crippen LogP contribution < -0.4 is 15.9 Å². The summed E-state index contributed by atoms with van der Waals surface area (Å²) in [5, 5.41) is 4.19. The molecule has 6 aromatic rings. The Morgan fingerprint density at radius 3 is 1.15 bits per heavy atom. The molecule has 0 nitrogen and oxygen atoms in total. The van der Waals surface area contributed by atoms with Gasteiger partial charge in [0.25, 0.3) is 0 Å². The molecule has 8 radical (unpaired) electrons. The molecule has 2 heteroatoms. The Hall–Kier alpha value is -4.33. The molecule has 54 heavy (non-hydrogen) atoms. The van der Waals surface area contributed by atoms with E-state index in [-0.39, 0.29) is 19.5 Å². The number of rotatable bonds is 7. The largest absolute Gasteiger partial charge is 2.00 e. The van der Waals surface area contributed by atoms with E-state index in [2.05, 4.69) is 168 Å². The zero-order valence-corrected chi connectivity index (χ0v) is 34.4. The first-order chi connectivity index (χ1) is 25.9. The second-order valence-corrected chi connectivity index (χ2v) is 14.9. The van der Waals surface area contributed by atoms with Crippen LogP contribution in [0.1, 0.15) is 51.3 Å². The molecule has 0 saturated heterocycles. The van der Waals surface area contributed by atoms with E-state index in [1.165, 1.54) is 45.5 Å². The molecule has 0 bridgehead atoms. The van der Waals surface area contributed by atoms with Crippen molar-refractivity contribution < 1.29 is 19.5 Å². The van der Waals surface area contributed by atoms with E-state index in [9.17, 15) is 0 Å². The first-order valence-corrected chi connectivity index (χ1v) is 19.4. The normalized spacial score (nSPS) is 13.8. The molecule has 266 valence electrons. The van der Waals surface area contributed by atoms with Gasteiger partial charge in [-0.3, -0.25) is 0 Å². The van der Waals surface area contributed by atoms with Gasteiger partial charge < -0.3 is 0 Å². The summed E-state index contributed by atoms with van der Waals surface area (Å²) in [4.78, 5) is 0. The number of hydrogen-bond acceptors (Lipinski definition) is 0. The molecular weight excluding hydrogens is 757 g/mol. The molecule has 1 aliphatic rings. The van der Waals surface area contributed by atoms with Crippen LogP contribution in [0.15, 0.2) is 182 Å². The summed E-state index contributed by atoms with van der Waals surface area (Å²) in [5.74, 6) is 13.8. The minimum Gasteiger partial charge on any atom is -0.0622 e. The number of allylic oxidation sites excluding steroid dienone is 2. The zero-order chi connectivity index (χ0) is 37.3. The summed E-state index contributed by atoms with van der Waals surface area (Å²) in [6, 6.07) is 62.7. The molecular formula is C52H47PRu+2. The van der Waals surface area contributed by atoms with Crippen molar-refractivity contribution in [2.24, 2.45) is 0 Å². The zero-order valence-electron chi connectivity index (χ0n) is 31.8. The topological polar surface area (TPSA) is 0 Å². The standard InChI is InChI=1S/C24H17.C18H15P.C10H15.Ru/c1-4-11-21(12-5-1)15-10-18-24(23-16-8-3-9-17-23)20-19-22-13-6-2-7-14-22;1-4-10-16(11-5-1)19(17-12-6-2-7-13-17)18-14-8-3-9-15-18;1-6-7(2)9(4)10(5)8(6)3;/h1-17H;1-15H;1-5H3;/q;;;+2. The van der Waals surface area contributed by atoms with Gasteiger partial charge in [-0.1, -0.05) is 216 Å². The second kappa shape index (κ2) is 22.8. The van der Waals surface area contributed by atoms with Crippen LogP contribution in [-0.2, 0) is 19.5 Å². The Balaban J connectivity index is 0.000000193. The maximum absolute atomic E-state index is 3.32. The van der Waals surface area contributed by atoms with Crippen LogP contribution in [0.3, 0.4) is 0 Å². The van der Waals surface area contributed by atoms with Gasteiger partial charge in [-0.05, 0) is 89.2 Å². The van der Waals surface area contributed by atoms with E-state index in [0.29, 0.717) is 0 Å². The summed E-state index contributed by atoms with van der Waals surface area (Å²) in [5.41, 5.74) is 4.10. The first kappa shape index (κ1) is 42.4. The fourth-order valence-electron chi connectivity index (χ4n) is 5.82. The van der Waals surface area contributed by atoms with E-state index in [1.54, 1.807) is 0 Å². The third-order valence-corrected chi connectivity index (χ3v) is 11.8. The molecule has 0 heterocycles. The van der Waals surface area contributed by atoms with E-state index < -0.39 is 7.92 Å². The summed E-state index contributed by atoms with van der Waals surface area (Å²) in [7, 11) is -0.446. The second-order valence-electron chi connectivity index (χ2n) is 12.7. The molecule has 0 aliphatic heterocycles. The smallest absolute Gasteiger partial charge is 0.0622 e. The van der Waals surface area contributed by atoms with Crippen molar-refractivity contribution in [2.45, 2.75) is 34.6 Å². The van der Waals surface area contributed by atoms with Gasteiger partial charge in [0, 0.05) is 17.6 Å². The van der Waals surface area contributed by atoms with Crippen LogP contribution in [-0.4, -0.2) is 0 Å². The van der Waals surface area contributed by atoms with E-state index in [0.717, 1.165) is 22.3 Å². The summed E-state index contributed by atoms with van der Waals surface area (Å²) >= 11 is 0. The predicted molar refractivity (Wildman–Crippen MR) is 230 cm³/mol. The van der Waals surface area contributed by atoms with E-state index >= 15 is 0 Å². The fourth-order valence-corrected chi connectivity index (χ4v) is 8.13. The molecule has 0 amide bonds. The third-order valence-electron chi connectivity index (χ3n) is 9.33. The maximum atomic E-state index is 3.32. The van der Waals surface area contributed by atoms with Crippen LogP contribution >= 0.6 is 7.92 Å². The quantitative estimate of drug-likeness (QED) is 0.0857. The molecule has 0 unspecified atom stereocenters. The SMILES string of the molecule is C[C]1[C](C)[C](C)[C](C)[C]1C.[C]([CH][CH]c1ccccc1)=C(C#Cc1ccccc1)c1ccccc1.[Ru+2].c1ccc(P(c2ccccc2)c2ccccc2)cc1. The molecule has 6 aromatic carbocycles. The van der Waals surface area contributed by atoms with Crippen molar-refractivity contribution in [3.63, 3.8) is 0 Å². The molecule has 1 aliphatic carbocycles. The molecule has 0 aromatic heterocycles. The Morgan fingerprint density at radius 1 is 0.426 bits per heavy atom. The van der Waals surface area contributed by atoms with Gasteiger partial charge in [0.2, 0.25) is 0 Å². The maximum Gasteiger partial charge on any atom is 2.00 e. The minimum atomic E-state index is -0.446. The van der Waals surface area contributed by atoms with Gasteiger partial charge >= 0.3 is 19.5 Å². The molecule has 1 saturated carbocycles. The van der Waals surface area contributed by atoms with Gasteiger partial charge in [0.1, 0.15) is 0 Å². The number of hydrogen-bond donors (Lipinski definition) is 0. The van der Waals surface area contributed by atoms with Crippen LogP contribution in [0.25, 0.3) is 5.57 Å². The summed E-state index contributed by atoms with van der Waals surface area (Å²) in [6.45, 7) is 11.0. The van der Waals surface area contributed by atoms with Gasteiger partial charge in [0.15, 0.2) is 0 Å². The van der Waals surface area contributed by atoms with Crippen LogP contribution in [0.5, 0.6) is 0 Å². The Kier molecular flexibility index (Phi) is 17.9. The van der Waals surface area contributed by atoms with Crippen molar-refractivity contribution in [3.05, 3.63) is 247 Å². The Labute approximate surface area is 340 Å². The predicted octanol–water partition coefficient (Wildman–Crippen LogP) is 11.8. The van der Waals surface area contributed by atoms with Gasteiger partial charge in [0.05, 0.1) is 0 Å². The van der Waals surface area contributed by atoms with Crippen LogP contribution in [0.2, 0.25) is 0 Å². The molecule has 0 N–H and O–H groups in total. The minimum absolute atomic E-state index is 0. The first-order valence-electron chi connectivity index (χ1n) is 18.0. The summed E-state index contributed by atoms with van der Waals surface area (Å²) in [6.07, 6.45) is 7.28.